The number of aliphatic hydroxyl groups is 1. The van der Waals surface area contributed by atoms with Gasteiger partial charge < -0.3 is 15.2 Å². The second-order valence-corrected chi connectivity index (χ2v) is 17.0. The molecule has 0 aromatic heterocycles. The van der Waals surface area contributed by atoms with Crippen molar-refractivity contribution >= 4 is 23.5 Å². The lowest BCUT2D eigenvalue weighted by Gasteiger charge is -2.61. The third kappa shape index (κ3) is 5.91. The Balaban J connectivity index is 1.27. The highest BCUT2D eigenvalue weighted by Crippen LogP contribution is 2.68. The molecule has 0 radical (unpaired) electrons. The maximum atomic E-state index is 13.6. The minimum atomic E-state index is -0.625. The van der Waals surface area contributed by atoms with E-state index in [1.807, 2.05) is 6.08 Å². The van der Waals surface area contributed by atoms with E-state index in [0.717, 1.165) is 38.0 Å². The Bertz CT molecular complexity index is 997. The molecule has 0 aromatic rings. The van der Waals surface area contributed by atoms with Gasteiger partial charge in [-0.2, -0.15) is 0 Å². The molecule has 238 valence electrons. The van der Waals surface area contributed by atoms with Crippen molar-refractivity contribution < 1.29 is 19.4 Å². The molecule has 0 saturated heterocycles. The molecule has 6 heteroatoms. The number of hydrogen-bond acceptors (Lipinski definition) is 6. The first-order valence-corrected chi connectivity index (χ1v) is 18.4. The molecule has 2 N–H and O–H groups in total. The van der Waals surface area contributed by atoms with Crippen molar-refractivity contribution in [2.24, 2.45) is 39.9 Å². The van der Waals surface area contributed by atoms with Crippen LogP contribution in [0.5, 0.6) is 0 Å². The summed E-state index contributed by atoms with van der Waals surface area (Å²) in [4.78, 5) is 27.2. The van der Waals surface area contributed by atoms with Crippen LogP contribution in [0.2, 0.25) is 0 Å². The molecule has 0 spiro atoms. The normalized spacial score (nSPS) is 45.4. The first-order valence-electron chi connectivity index (χ1n) is 17.4. The number of carbonyl (C=O) groups excluding carboxylic acids is 2. The molecule has 5 aliphatic rings. The van der Waals surface area contributed by atoms with Gasteiger partial charge in [0, 0.05) is 40.5 Å². The molecule has 5 fully saturated rings. The number of thioether (sulfide) groups is 1. The Kier molecular flexibility index (Phi) is 9.97. The van der Waals surface area contributed by atoms with Crippen LogP contribution in [0.15, 0.2) is 12.7 Å². The van der Waals surface area contributed by atoms with Crippen LogP contribution < -0.4 is 5.32 Å². The topological polar surface area (TPSA) is 75.6 Å². The molecule has 42 heavy (non-hydrogen) atoms. The highest BCUT2D eigenvalue weighted by Gasteiger charge is 2.68. The number of Topliss-reactive ketones (excluding diaryl/α,β-unsaturated/α-hetero) is 1. The van der Waals surface area contributed by atoms with Gasteiger partial charge in [0.1, 0.15) is 11.9 Å². The standard InChI is InChI=1S/C36H59NO4S/c1-7-34(5)21-30(35(6)23(2)16-18-36(24(3)33(34)40)19-17-29(38)32(35)36)41-31(39)22-42-28-15-11-14-27(20-28)37-25(4)26-12-9-8-10-13-26/h7,23-28,30,32-33,37,40H,1,8-22H2,2-6H3/t23-,24+,25?,27?,28?,30-,32+,33+,34-,35+,36?/m1/s1. The quantitative estimate of drug-likeness (QED) is 0.222. The van der Waals surface area contributed by atoms with Crippen molar-refractivity contribution in [3.8, 4) is 0 Å². The number of ether oxygens (including phenoxy) is 1. The van der Waals surface area contributed by atoms with Crippen molar-refractivity contribution in [2.45, 2.75) is 154 Å². The maximum absolute atomic E-state index is 13.6. The van der Waals surface area contributed by atoms with Crippen molar-refractivity contribution in [1.29, 1.82) is 0 Å². The van der Waals surface area contributed by atoms with Crippen LogP contribution in [0.1, 0.15) is 125 Å². The predicted molar refractivity (Wildman–Crippen MR) is 172 cm³/mol. The Morgan fingerprint density at radius 2 is 1.86 bits per heavy atom. The minimum Gasteiger partial charge on any atom is -0.461 e. The third-order valence-electron chi connectivity index (χ3n) is 13.5. The molecule has 11 atom stereocenters. The maximum Gasteiger partial charge on any atom is 0.316 e. The minimum absolute atomic E-state index is 0.00956. The summed E-state index contributed by atoms with van der Waals surface area (Å²) < 4.78 is 6.50. The van der Waals surface area contributed by atoms with Gasteiger partial charge in [-0.15, -0.1) is 18.3 Å². The summed E-state index contributed by atoms with van der Waals surface area (Å²) in [6.45, 7) is 15.2. The fourth-order valence-corrected chi connectivity index (χ4v) is 11.6. The SMILES string of the molecule is C=C[C@]1(C)C[C@@H](OC(=O)CSC2CCCC(NC(C)C3CCCCC3)C2)[C@]2(C)[C@H](C)CCC3(CCC(=O)[C@H]32)[C@@H](C)[C@@H]1O. The van der Waals surface area contributed by atoms with Crippen LogP contribution in [-0.2, 0) is 14.3 Å². The number of ketones is 1. The summed E-state index contributed by atoms with van der Waals surface area (Å²) in [6, 6.07) is 1.11. The van der Waals surface area contributed by atoms with Crippen LogP contribution in [0, 0.1) is 39.9 Å². The molecule has 5 saturated carbocycles. The monoisotopic (exact) mass is 601 g/mol. The molecular formula is C36H59NO4S. The molecule has 0 amide bonds. The first kappa shape index (κ1) is 32.5. The average molecular weight is 602 g/mol. The summed E-state index contributed by atoms with van der Waals surface area (Å²) in [5.41, 5.74) is -1.27. The van der Waals surface area contributed by atoms with E-state index in [1.165, 1.54) is 44.9 Å². The van der Waals surface area contributed by atoms with Gasteiger partial charge in [-0.1, -0.05) is 59.5 Å². The molecule has 5 aliphatic carbocycles. The summed E-state index contributed by atoms with van der Waals surface area (Å²) in [5, 5.41) is 16.2. The molecular weight excluding hydrogens is 542 g/mol. The van der Waals surface area contributed by atoms with E-state index in [9.17, 15) is 14.7 Å². The zero-order chi connectivity index (χ0) is 30.3. The van der Waals surface area contributed by atoms with Crippen LogP contribution in [0.3, 0.4) is 0 Å². The Morgan fingerprint density at radius 1 is 1.12 bits per heavy atom. The lowest BCUT2D eigenvalue weighted by atomic mass is 9.44. The molecule has 0 aromatic carbocycles. The fourth-order valence-electron chi connectivity index (χ4n) is 10.5. The lowest BCUT2D eigenvalue weighted by molar-refractivity contribution is -0.205. The van der Waals surface area contributed by atoms with Gasteiger partial charge >= 0.3 is 5.97 Å². The van der Waals surface area contributed by atoms with Gasteiger partial charge in [0.25, 0.3) is 0 Å². The van der Waals surface area contributed by atoms with Gasteiger partial charge in [0.15, 0.2) is 0 Å². The Hall–Kier alpha value is -0.850. The summed E-state index contributed by atoms with van der Waals surface area (Å²) >= 11 is 1.77. The van der Waals surface area contributed by atoms with E-state index in [1.54, 1.807) is 11.8 Å². The zero-order valence-corrected chi connectivity index (χ0v) is 28.0. The summed E-state index contributed by atoms with van der Waals surface area (Å²) in [6.07, 6.45) is 16.3. The molecule has 5 rings (SSSR count). The first-order chi connectivity index (χ1) is 19.9. The van der Waals surface area contributed by atoms with Gasteiger partial charge in [0.05, 0.1) is 11.9 Å². The molecule has 4 unspecified atom stereocenters. The van der Waals surface area contributed by atoms with Crippen LogP contribution >= 0.6 is 11.8 Å². The number of carbonyl (C=O) groups is 2. The highest BCUT2D eigenvalue weighted by molar-refractivity contribution is 8.00. The van der Waals surface area contributed by atoms with Gasteiger partial charge in [-0.25, -0.2) is 0 Å². The summed E-state index contributed by atoms with van der Waals surface area (Å²) in [5.74, 6) is 1.38. The van der Waals surface area contributed by atoms with Crippen molar-refractivity contribution in [3.63, 3.8) is 0 Å². The average Bonchev–Trinajstić information content (AvgIpc) is 3.35. The molecule has 0 heterocycles. The largest absolute Gasteiger partial charge is 0.461 e. The fraction of sp³-hybridized carbons (Fsp3) is 0.889. The summed E-state index contributed by atoms with van der Waals surface area (Å²) in [7, 11) is 0. The number of esters is 1. The molecule has 5 nitrogen and oxygen atoms in total. The number of hydrogen-bond donors (Lipinski definition) is 2. The highest BCUT2D eigenvalue weighted by atomic mass is 32.2. The van der Waals surface area contributed by atoms with E-state index in [4.69, 9.17) is 4.74 Å². The number of aliphatic hydroxyl groups excluding tert-OH is 1. The van der Waals surface area contributed by atoms with Crippen molar-refractivity contribution in [2.75, 3.05) is 5.75 Å². The second-order valence-electron chi connectivity index (χ2n) is 15.7. The smallest absolute Gasteiger partial charge is 0.316 e. The van der Waals surface area contributed by atoms with E-state index < -0.39 is 23.0 Å². The molecule has 2 bridgehead atoms. The predicted octanol–water partition coefficient (Wildman–Crippen LogP) is 7.50. The van der Waals surface area contributed by atoms with Crippen LogP contribution in [0.4, 0.5) is 0 Å². The van der Waals surface area contributed by atoms with E-state index >= 15 is 0 Å². The molecule has 0 aliphatic heterocycles. The lowest BCUT2D eigenvalue weighted by Crippen LogP contribution is -2.63. The second kappa shape index (κ2) is 12.9. The van der Waals surface area contributed by atoms with Crippen LogP contribution in [-0.4, -0.2) is 52.2 Å². The zero-order valence-electron chi connectivity index (χ0n) is 27.2. The number of rotatable bonds is 8. The van der Waals surface area contributed by atoms with Gasteiger partial charge in [-0.05, 0) is 87.9 Å². The Labute approximate surface area is 260 Å². The Morgan fingerprint density at radius 3 is 2.57 bits per heavy atom. The van der Waals surface area contributed by atoms with Gasteiger partial charge in [-0.3, -0.25) is 9.59 Å². The third-order valence-corrected chi connectivity index (χ3v) is 14.8. The van der Waals surface area contributed by atoms with E-state index in [2.05, 4.69) is 46.5 Å². The van der Waals surface area contributed by atoms with E-state index in [0.29, 0.717) is 41.7 Å². The van der Waals surface area contributed by atoms with Crippen molar-refractivity contribution in [3.05, 3.63) is 12.7 Å². The number of nitrogens with one attached hydrogen (secondary N) is 1. The van der Waals surface area contributed by atoms with Crippen LogP contribution in [0.25, 0.3) is 0 Å². The van der Waals surface area contributed by atoms with E-state index in [-0.39, 0.29) is 29.1 Å². The van der Waals surface area contributed by atoms with Crippen molar-refractivity contribution in [1.82, 2.24) is 5.32 Å². The van der Waals surface area contributed by atoms with Gasteiger partial charge in [0.2, 0.25) is 0 Å².